The molecule has 0 spiro atoms. The predicted molar refractivity (Wildman–Crippen MR) is 75.6 cm³/mol. The first-order valence-electron chi connectivity index (χ1n) is 6.39. The quantitative estimate of drug-likeness (QED) is 0.598. The molecule has 0 fully saturated rings. The number of hydrogen-bond acceptors (Lipinski definition) is 2. The zero-order valence-corrected chi connectivity index (χ0v) is 11.5. The highest BCUT2D eigenvalue weighted by atomic mass is 16.5. The van der Waals surface area contributed by atoms with Gasteiger partial charge in [0.2, 0.25) is 0 Å². The average Bonchev–Trinajstić information content (AvgIpc) is 2.38. The van der Waals surface area contributed by atoms with Crippen molar-refractivity contribution in [2.24, 2.45) is 4.99 Å². The van der Waals surface area contributed by atoms with Crippen LogP contribution in [0.2, 0.25) is 0 Å². The number of nitrogens with one attached hydrogen (secondary N) is 2. The van der Waals surface area contributed by atoms with E-state index in [2.05, 4.69) is 53.7 Å². The molecular formula is C14H23N3O. The van der Waals surface area contributed by atoms with Gasteiger partial charge in [-0.1, -0.05) is 24.3 Å². The molecule has 1 aromatic rings. The van der Waals surface area contributed by atoms with Crippen LogP contribution in [0.4, 0.5) is 0 Å². The van der Waals surface area contributed by atoms with Crippen LogP contribution in [0.25, 0.3) is 0 Å². The van der Waals surface area contributed by atoms with Crippen molar-refractivity contribution in [1.29, 1.82) is 0 Å². The van der Waals surface area contributed by atoms with Gasteiger partial charge in [-0.05, 0) is 25.0 Å². The Hall–Kier alpha value is -1.55. The first-order chi connectivity index (χ1) is 8.80. The summed E-state index contributed by atoms with van der Waals surface area (Å²) >= 11 is 0. The number of hydrogen-bond donors (Lipinski definition) is 2. The number of ether oxygens (including phenoxy) is 1. The summed E-state index contributed by atoms with van der Waals surface area (Å²) < 4.78 is 5.08. The van der Waals surface area contributed by atoms with E-state index >= 15 is 0 Å². The van der Waals surface area contributed by atoms with Crippen LogP contribution in [0, 0.1) is 0 Å². The normalized spacial score (nSPS) is 9.94. The van der Waals surface area contributed by atoms with Crippen molar-refractivity contribution in [3.63, 3.8) is 0 Å². The van der Waals surface area contributed by atoms with Crippen molar-refractivity contribution >= 4 is 5.96 Å². The van der Waals surface area contributed by atoms with Crippen LogP contribution in [-0.2, 0) is 17.9 Å². The largest absolute Gasteiger partial charge is 0.380 e. The highest BCUT2D eigenvalue weighted by Gasteiger charge is 1.96. The van der Waals surface area contributed by atoms with Gasteiger partial charge in [-0.25, -0.2) is 4.99 Å². The van der Waals surface area contributed by atoms with E-state index in [0.29, 0.717) is 13.2 Å². The molecule has 0 unspecified atom stereocenters. The summed E-state index contributed by atoms with van der Waals surface area (Å²) in [5.41, 5.74) is 2.38. The van der Waals surface area contributed by atoms with E-state index in [1.807, 2.05) is 0 Å². The molecule has 18 heavy (non-hydrogen) atoms. The Labute approximate surface area is 109 Å². The highest BCUT2D eigenvalue weighted by molar-refractivity contribution is 5.79. The molecule has 0 bridgehead atoms. The van der Waals surface area contributed by atoms with Crippen molar-refractivity contribution in [3.8, 4) is 0 Å². The Kier molecular flexibility index (Phi) is 6.87. The number of methoxy groups -OCH3 is 1. The zero-order valence-electron chi connectivity index (χ0n) is 11.5. The predicted octanol–water partition coefficient (Wildman–Crippen LogP) is 1.91. The fraction of sp³-hybridized carbons (Fsp3) is 0.500. The molecule has 0 heterocycles. The fourth-order valence-electron chi connectivity index (χ4n) is 1.59. The summed E-state index contributed by atoms with van der Waals surface area (Å²) in [6.45, 7) is 7.21. The van der Waals surface area contributed by atoms with Crippen molar-refractivity contribution in [2.45, 2.75) is 27.0 Å². The SMILES string of the molecule is CCNC(=NCc1ccc(COC)cc1)NCC. The molecule has 0 aliphatic carbocycles. The topological polar surface area (TPSA) is 45.7 Å². The van der Waals surface area contributed by atoms with Gasteiger partial charge in [0.15, 0.2) is 5.96 Å². The third kappa shape index (κ3) is 5.19. The lowest BCUT2D eigenvalue weighted by Crippen LogP contribution is -2.36. The highest BCUT2D eigenvalue weighted by Crippen LogP contribution is 2.06. The Balaban J connectivity index is 2.57. The van der Waals surface area contributed by atoms with Crippen molar-refractivity contribution in [2.75, 3.05) is 20.2 Å². The van der Waals surface area contributed by atoms with Crippen LogP contribution >= 0.6 is 0 Å². The molecule has 4 heteroatoms. The number of benzene rings is 1. The van der Waals surface area contributed by atoms with Gasteiger partial charge in [0, 0.05) is 20.2 Å². The van der Waals surface area contributed by atoms with Gasteiger partial charge in [0.25, 0.3) is 0 Å². The minimum absolute atomic E-state index is 0.656. The van der Waals surface area contributed by atoms with E-state index < -0.39 is 0 Å². The maximum Gasteiger partial charge on any atom is 0.191 e. The Bertz CT molecular complexity index is 352. The number of aliphatic imine (C=N–C) groups is 1. The van der Waals surface area contributed by atoms with Gasteiger partial charge in [0.05, 0.1) is 13.2 Å². The summed E-state index contributed by atoms with van der Waals surface area (Å²) in [6.07, 6.45) is 0. The number of guanidine groups is 1. The van der Waals surface area contributed by atoms with E-state index in [9.17, 15) is 0 Å². The first-order valence-corrected chi connectivity index (χ1v) is 6.39. The third-order valence-electron chi connectivity index (χ3n) is 2.44. The summed E-state index contributed by atoms with van der Waals surface area (Å²) in [4.78, 5) is 4.51. The van der Waals surface area contributed by atoms with Gasteiger partial charge in [0.1, 0.15) is 0 Å². The molecule has 0 saturated carbocycles. The van der Waals surface area contributed by atoms with Gasteiger partial charge in [-0.2, -0.15) is 0 Å². The maximum atomic E-state index is 5.08. The molecule has 1 rings (SSSR count). The molecule has 0 amide bonds. The molecule has 0 atom stereocenters. The van der Waals surface area contributed by atoms with Crippen LogP contribution in [0.5, 0.6) is 0 Å². The van der Waals surface area contributed by atoms with Crippen molar-refractivity contribution < 1.29 is 4.74 Å². The second-order valence-corrected chi connectivity index (χ2v) is 3.98. The second kappa shape index (κ2) is 8.53. The zero-order chi connectivity index (χ0) is 13.2. The summed E-state index contributed by atoms with van der Waals surface area (Å²) in [7, 11) is 1.71. The summed E-state index contributed by atoms with van der Waals surface area (Å²) in [5.74, 6) is 0.862. The molecule has 0 saturated heterocycles. The molecule has 1 aromatic carbocycles. The average molecular weight is 249 g/mol. The first kappa shape index (κ1) is 14.5. The molecule has 100 valence electrons. The van der Waals surface area contributed by atoms with E-state index in [1.165, 1.54) is 11.1 Å². The smallest absolute Gasteiger partial charge is 0.191 e. The van der Waals surface area contributed by atoms with Crippen LogP contribution in [0.15, 0.2) is 29.3 Å². The molecule has 0 aliphatic heterocycles. The van der Waals surface area contributed by atoms with Crippen molar-refractivity contribution in [3.05, 3.63) is 35.4 Å². The van der Waals surface area contributed by atoms with E-state index in [1.54, 1.807) is 7.11 Å². The van der Waals surface area contributed by atoms with Crippen molar-refractivity contribution in [1.82, 2.24) is 10.6 Å². The number of nitrogens with zero attached hydrogens (tertiary/aromatic N) is 1. The fourth-order valence-corrected chi connectivity index (χ4v) is 1.59. The Morgan fingerprint density at radius 3 is 2.11 bits per heavy atom. The molecule has 0 aliphatic rings. The molecule has 4 nitrogen and oxygen atoms in total. The summed E-state index contributed by atoms with van der Waals surface area (Å²) in [5, 5.41) is 6.41. The van der Waals surface area contributed by atoms with Crippen LogP contribution in [-0.4, -0.2) is 26.2 Å². The van der Waals surface area contributed by atoms with E-state index in [4.69, 9.17) is 4.74 Å². The Morgan fingerprint density at radius 2 is 1.61 bits per heavy atom. The Morgan fingerprint density at radius 1 is 1.06 bits per heavy atom. The molecular weight excluding hydrogens is 226 g/mol. The maximum absolute atomic E-state index is 5.08. The standard InChI is InChI=1S/C14H23N3O/c1-4-15-14(16-5-2)17-10-12-6-8-13(9-7-12)11-18-3/h6-9H,4-5,10-11H2,1-3H3,(H2,15,16,17). The van der Waals surface area contributed by atoms with Gasteiger partial charge in [-0.3, -0.25) is 0 Å². The monoisotopic (exact) mass is 249 g/mol. The lowest BCUT2D eigenvalue weighted by Gasteiger charge is -2.09. The van der Waals surface area contributed by atoms with Gasteiger partial charge >= 0.3 is 0 Å². The minimum Gasteiger partial charge on any atom is -0.380 e. The second-order valence-electron chi connectivity index (χ2n) is 3.98. The molecule has 0 aromatic heterocycles. The van der Waals surface area contributed by atoms with Crippen LogP contribution in [0.1, 0.15) is 25.0 Å². The van der Waals surface area contributed by atoms with E-state index in [0.717, 1.165) is 19.0 Å². The summed E-state index contributed by atoms with van der Waals surface area (Å²) in [6, 6.07) is 8.34. The molecule has 0 radical (unpaired) electrons. The number of rotatable bonds is 6. The lowest BCUT2D eigenvalue weighted by molar-refractivity contribution is 0.185. The minimum atomic E-state index is 0.656. The van der Waals surface area contributed by atoms with Gasteiger partial charge in [-0.15, -0.1) is 0 Å². The lowest BCUT2D eigenvalue weighted by atomic mass is 10.1. The molecule has 2 N–H and O–H groups in total. The van der Waals surface area contributed by atoms with Crippen LogP contribution < -0.4 is 10.6 Å². The third-order valence-corrected chi connectivity index (χ3v) is 2.44. The van der Waals surface area contributed by atoms with E-state index in [-0.39, 0.29) is 0 Å². The van der Waals surface area contributed by atoms with Gasteiger partial charge < -0.3 is 15.4 Å². The van der Waals surface area contributed by atoms with Crippen LogP contribution in [0.3, 0.4) is 0 Å².